The van der Waals surface area contributed by atoms with Gasteiger partial charge in [0.1, 0.15) is 0 Å². The van der Waals surface area contributed by atoms with E-state index in [2.05, 4.69) is 18.4 Å². The lowest BCUT2D eigenvalue weighted by Gasteiger charge is -2.13. The van der Waals surface area contributed by atoms with Gasteiger partial charge in [-0.05, 0) is 22.3 Å². The highest BCUT2D eigenvalue weighted by molar-refractivity contribution is 5.83. The van der Waals surface area contributed by atoms with Gasteiger partial charge in [0.05, 0.1) is 5.92 Å². The van der Waals surface area contributed by atoms with E-state index >= 15 is 0 Å². The van der Waals surface area contributed by atoms with Crippen LogP contribution in [0.4, 0.5) is 0 Å². The Labute approximate surface area is 100 Å². The minimum absolute atomic E-state index is 0.280. The summed E-state index contributed by atoms with van der Waals surface area (Å²) in [6.07, 6.45) is 6.29. The van der Waals surface area contributed by atoms with Crippen LogP contribution in [0.5, 0.6) is 0 Å². The normalized spacial score (nSPS) is 13.6. The van der Waals surface area contributed by atoms with Crippen molar-refractivity contribution >= 4 is 18.4 Å². The van der Waals surface area contributed by atoms with E-state index in [9.17, 15) is 4.79 Å². The van der Waals surface area contributed by atoms with Gasteiger partial charge in [-0.25, -0.2) is 0 Å². The second kappa shape index (κ2) is 4.02. The highest BCUT2D eigenvalue weighted by Crippen LogP contribution is 2.32. The van der Waals surface area contributed by atoms with Crippen molar-refractivity contribution in [2.45, 2.75) is 5.92 Å². The van der Waals surface area contributed by atoms with E-state index in [0.29, 0.717) is 0 Å². The zero-order valence-corrected chi connectivity index (χ0v) is 9.26. The standard InChI is InChI=1S/C16H11O/c17-11-16-14-7-3-1-5-12(14)9-10-13-6-2-4-8-15(13)16/h1-10,16H. The van der Waals surface area contributed by atoms with Crippen LogP contribution in [-0.2, 0) is 4.79 Å². The van der Waals surface area contributed by atoms with Gasteiger partial charge >= 0.3 is 0 Å². The summed E-state index contributed by atoms with van der Waals surface area (Å²) in [6.45, 7) is 0. The van der Waals surface area contributed by atoms with E-state index in [1.807, 2.05) is 48.5 Å². The molecule has 81 valence electrons. The van der Waals surface area contributed by atoms with Gasteiger partial charge in [-0.15, -0.1) is 0 Å². The molecule has 1 radical (unpaired) electrons. The molecule has 1 heteroatoms. The van der Waals surface area contributed by atoms with Gasteiger partial charge in [-0.2, -0.15) is 0 Å². The Morgan fingerprint density at radius 1 is 0.765 bits per heavy atom. The molecular weight excluding hydrogens is 208 g/mol. The molecular formula is C16H11O. The predicted molar refractivity (Wildman–Crippen MR) is 69.3 cm³/mol. The Hall–Kier alpha value is -2.15. The molecule has 0 saturated carbocycles. The fourth-order valence-corrected chi connectivity index (χ4v) is 2.33. The van der Waals surface area contributed by atoms with Gasteiger partial charge in [0.25, 0.3) is 0 Å². The quantitative estimate of drug-likeness (QED) is 0.718. The van der Waals surface area contributed by atoms with Crippen LogP contribution in [0.2, 0.25) is 0 Å². The number of benzene rings is 2. The second-order valence-corrected chi connectivity index (χ2v) is 4.14. The molecule has 0 aromatic heterocycles. The van der Waals surface area contributed by atoms with Gasteiger partial charge < -0.3 is 0 Å². The van der Waals surface area contributed by atoms with Crippen LogP contribution in [0.15, 0.2) is 48.5 Å². The zero-order chi connectivity index (χ0) is 11.7. The van der Waals surface area contributed by atoms with Crippen molar-refractivity contribution in [1.82, 2.24) is 0 Å². The Kier molecular flexibility index (Phi) is 2.37. The summed E-state index contributed by atoms with van der Waals surface area (Å²) >= 11 is 0. The largest absolute Gasteiger partial charge is 0.290 e. The average molecular weight is 219 g/mol. The Bertz CT molecular complexity index is 546. The molecule has 0 N–H and O–H groups in total. The Morgan fingerprint density at radius 3 is 1.71 bits per heavy atom. The van der Waals surface area contributed by atoms with E-state index in [-0.39, 0.29) is 5.92 Å². The second-order valence-electron chi connectivity index (χ2n) is 4.14. The van der Waals surface area contributed by atoms with Crippen LogP contribution in [0, 0.1) is 0 Å². The number of rotatable bonds is 1. The minimum Gasteiger partial charge on any atom is -0.290 e. The van der Waals surface area contributed by atoms with E-state index in [0.717, 1.165) is 22.3 Å². The summed E-state index contributed by atoms with van der Waals surface area (Å²) in [4.78, 5) is 11.3. The van der Waals surface area contributed by atoms with E-state index in [4.69, 9.17) is 0 Å². The molecule has 0 aliphatic heterocycles. The fraction of sp³-hybridized carbons (Fsp3) is 0.0625. The van der Waals surface area contributed by atoms with Crippen molar-refractivity contribution in [1.29, 1.82) is 0 Å². The maximum atomic E-state index is 11.3. The first-order valence-electron chi connectivity index (χ1n) is 5.64. The number of hydrogen-bond donors (Lipinski definition) is 0. The molecule has 2 aromatic rings. The molecule has 0 fully saturated rings. The van der Waals surface area contributed by atoms with Crippen molar-refractivity contribution in [3.63, 3.8) is 0 Å². The molecule has 0 amide bonds. The third-order valence-corrected chi connectivity index (χ3v) is 3.17. The highest BCUT2D eigenvalue weighted by atomic mass is 16.1. The molecule has 2 aromatic carbocycles. The third kappa shape index (κ3) is 1.60. The van der Waals surface area contributed by atoms with Crippen molar-refractivity contribution in [2.75, 3.05) is 0 Å². The summed E-state index contributed by atoms with van der Waals surface area (Å²) in [6, 6.07) is 16.0. The first kappa shape index (κ1) is 10.0. The van der Waals surface area contributed by atoms with Crippen molar-refractivity contribution < 1.29 is 4.79 Å². The van der Waals surface area contributed by atoms with Gasteiger partial charge in [-0.3, -0.25) is 4.79 Å². The smallest absolute Gasteiger partial charge is 0.211 e. The molecule has 3 rings (SSSR count). The van der Waals surface area contributed by atoms with Crippen LogP contribution in [0.25, 0.3) is 12.2 Å². The molecule has 0 saturated heterocycles. The van der Waals surface area contributed by atoms with Crippen LogP contribution in [0.1, 0.15) is 28.2 Å². The molecule has 1 aliphatic rings. The topological polar surface area (TPSA) is 17.1 Å². The minimum atomic E-state index is -0.280. The molecule has 1 aliphatic carbocycles. The summed E-state index contributed by atoms with van der Waals surface area (Å²) < 4.78 is 0. The molecule has 0 atom stereocenters. The van der Waals surface area contributed by atoms with E-state index in [1.54, 1.807) is 0 Å². The van der Waals surface area contributed by atoms with Crippen LogP contribution >= 0.6 is 0 Å². The Morgan fingerprint density at radius 2 is 1.24 bits per heavy atom. The molecule has 0 bridgehead atoms. The predicted octanol–water partition coefficient (Wildman–Crippen LogP) is 3.41. The maximum absolute atomic E-state index is 11.3. The lowest BCUT2D eigenvalue weighted by Crippen LogP contribution is -2.04. The molecule has 17 heavy (non-hydrogen) atoms. The van der Waals surface area contributed by atoms with E-state index in [1.165, 1.54) is 0 Å². The Balaban J connectivity index is 2.29. The fourth-order valence-electron chi connectivity index (χ4n) is 2.33. The van der Waals surface area contributed by atoms with Gasteiger partial charge in [0.15, 0.2) is 0 Å². The van der Waals surface area contributed by atoms with Crippen molar-refractivity contribution in [3.05, 3.63) is 70.8 Å². The third-order valence-electron chi connectivity index (χ3n) is 3.17. The monoisotopic (exact) mass is 219 g/mol. The number of fused-ring (bicyclic) bond motifs is 2. The summed E-state index contributed by atoms with van der Waals surface area (Å²) in [7, 11) is 0. The first-order valence-corrected chi connectivity index (χ1v) is 5.64. The summed E-state index contributed by atoms with van der Waals surface area (Å²) in [5.74, 6) is -0.280. The molecule has 1 nitrogen and oxygen atoms in total. The van der Waals surface area contributed by atoms with Crippen LogP contribution < -0.4 is 0 Å². The number of hydrogen-bond acceptors (Lipinski definition) is 1. The maximum Gasteiger partial charge on any atom is 0.211 e. The summed E-state index contributed by atoms with van der Waals surface area (Å²) in [5.41, 5.74) is 4.25. The van der Waals surface area contributed by atoms with Gasteiger partial charge in [0.2, 0.25) is 6.29 Å². The zero-order valence-electron chi connectivity index (χ0n) is 9.26. The lowest BCUT2D eigenvalue weighted by molar-refractivity contribution is 0.549. The molecule has 0 heterocycles. The first-order chi connectivity index (χ1) is 8.40. The van der Waals surface area contributed by atoms with Crippen molar-refractivity contribution in [3.8, 4) is 0 Å². The molecule has 0 unspecified atom stereocenters. The van der Waals surface area contributed by atoms with Crippen molar-refractivity contribution in [2.24, 2.45) is 0 Å². The average Bonchev–Trinajstić information content (AvgIpc) is 2.55. The van der Waals surface area contributed by atoms with Gasteiger partial charge in [0, 0.05) is 0 Å². The lowest BCUT2D eigenvalue weighted by atomic mass is 9.89. The van der Waals surface area contributed by atoms with Gasteiger partial charge in [-0.1, -0.05) is 60.7 Å². The number of carbonyl (C=O) groups excluding carboxylic acids is 1. The van der Waals surface area contributed by atoms with Crippen LogP contribution in [0.3, 0.4) is 0 Å². The SMILES string of the molecule is O=[C]C1c2ccccc2C=Cc2ccccc21. The highest BCUT2D eigenvalue weighted by Gasteiger charge is 2.20. The molecule has 0 spiro atoms. The summed E-state index contributed by atoms with van der Waals surface area (Å²) in [5, 5.41) is 0. The van der Waals surface area contributed by atoms with E-state index < -0.39 is 0 Å². The van der Waals surface area contributed by atoms with Crippen LogP contribution in [-0.4, -0.2) is 6.29 Å².